The highest BCUT2D eigenvalue weighted by Crippen LogP contribution is 2.34. The molecule has 108 valence electrons. The highest BCUT2D eigenvalue weighted by atomic mass is 32.1. The van der Waals surface area contributed by atoms with E-state index in [-0.39, 0.29) is 17.5 Å². The molecule has 21 heavy (non-hydrogen) atoms. The molecule has 0 aliphatic carbocycles. The van der Waals surface area contributed by atoms with Gasteiger partial charge in [-0.1, -0.05) is 6.07 Å². The standard InChI is InChI=1S/C16H15NO3S/c18-15(11-3-1-4-12(9-11)16(19)20)17-7-2-5-14(17)13-6-8-21-10-13/h1,3-4,6,8-10,14H,2,5,7H2,(H,19,20). The number of aromatic carboxylic acids is 1. The highest BCUT2D eigenvalue weighted by molar-refractivity contribution is 7.08. The lowest BCUT2D eigenvalue weighted by Crippen LogP contribution is -2.30. The molecule has 0 bridgehead atoms. The molecule has 0 spiro atoms. The second kappa shape index (κ2) is 5.69. The average Bonchev–Trinajstić information content (AvgIpc) is 3.17. The van der Waals surface area contributed by atoms with E-state index in [1.807, 2.05) is 10.3 Å². The molecule has 0 radical (unpaired) electrons. The number of hydrogen-bond donors (Lipinski definition) is 1. The van der Waals surface area contributed by atoms with E-state index < -0.39 is 5.97 Å². The van der Waals surface area contributed by atoms with E-state index in [2.05, 4.69) is 11.4 Å². The Bertz CT molecular complexity index is 666. The molecular formula is C16H15NO3S. The van der Waals surface area contributed by atoms with Gasteiger partial charge in [0.15, 0.2) is 0 Å². The molecule has 1 aromatic carbocycles. The number of nitrogens with zero attached hydrogens (tertiary/aromatic N) is 1. The number of carbonyl (C=O) groups is 2. The van der Waals surface area contributed by atoms with Crippen molar-refractivity contribution in [2.24, 2.45) is 0 Å². The monoisotopic (exact) mass is 301 g/mol. The Kier molecular flexibility index (Phi) is 3.75. The normalized spacial score (nSPS) is 17.9. The van der Waals surface area contributed by atoms with E-state index in [1.165, 1.54) is 17.7 Å². The number of rotatable bonds is 3. The summed E-state index contributed by atoms with van der Waals surface area (Å²) >= 11 is 1.63. The van der Waals surface area contributed by atoms with Crippen molar-refractivity contribution in [3.63, 3.8) is 0 Å². The Morgan fingerprint density at radius 3 is 2.76 bits per heavy atom. The van der Waals surface area contributed by atoms with Crippen LogP contribution in [0.1, 0.15) is 45.2 Å². The minimum Gasteiger partial charge on any atom is -0.478 e. The number of carbonyl (C=O) groups excluding carboxylic acids is 1. The topological polar surface area (TPSA) is 57.6 Å². The summed E-state index contributed by atoms with van der Waals surface area (Å²) in [5.74, 6) is -1.10. The van der Waals surface area contributed by atoms with Gasteiger partial charge in [-0.05, 0) is 53.4 Å². The molecule has 1 aromatic heterocycles. The maximum absolute atomic E-state index is 12.7. The molecule has 1 N–H and O–H groups in total. The van der Waals surface area contributed by atoms with Crippen LogP contribution < -0.4 is 0 Å². The van der Waals surface area contributed by atoms with Crippen LogP contribution in [-0.2, 0) is 0 Å². The molecule has 5 heteroatoms. The summed E-state index contributed by atoms with van der Waals surface area (Å²) in [5, 5.41) is 13.1. The lowest BCUT2D eigenvalue weighted by atomic mass is 10.1. The van der Waals surface area contributed by atoms with Gasteiger partial charge in [0.1, 0.15) is 0 Å². The van der Waals surface area contributed by atoms with Gasteiger partial charge in [0.25, 0.3) is 5.91 Å². The third-order valence-electron chi connectivity index (χ3n) is 3.80. The molecule has 1 atom stereocenters. The Morgan fingerprint density at radius 2 is 2.05 bits per heavy atom. The first kappa shape index (κ1) is 13.8. The number of carboxylic acid groups (broad SMARTS) is 1. The number of benzene rings is 1. The zero-order valence-corrected chi connectivity index (χ0v) is 12.2. The van der Waals surface area contributed by atoms with Crippen molar-refractivity contribution in [2.45, 2.75) is 18.9 Å². The first-order valence-electron chi connectivity index (χ1n) is 6.83. The van der Waals surface area contributed by atoms with Crippen LogP contribution in [0.25, 0.3) is 0 Å². The van der Waals surface area contributed by atoms with Crippen LogP contribution in [0, 0.1) is 0 Å². The number of likely N-dealkylation sites (tertiary alicyclic amines) is 1. The fourth-order valence-corrected chi connectivity index (χ4v) is 3.48. The molecule has 1 saturated heterocycles. The van der Waals surface area contributed by atoms with Crippen LogP contribution in [0.5, 0.6) is 0 Å². The summed E-state index contributed by atoms with van der Waals surface area (Å²) in [5.41, 5.74) is 1.75. The molecule has 2 heterocycles. The zero-order chi connectivity index (χ0) is 14.8. The van der Waals surface area contributed by atoms with Gasteiger partial charge in [-0.25, -0.2) is 4.79 Å². The number of amides is 1. The molecule has 1 aliphatic rings. The third-order valence-corrected chi connectivity index (χ3v) is 4.50. The molecule has 4 nitrogen and oxygen atoms in total. The Balaban J connectivity index is 1.87. The third kappa shape index (κ3) is 2.69. The molecule has 3 rings (SSSR count). The minimum atomic E-state index is -1.01. The summed E-state index contributed by atoms with van der Waals surface area (Å²) in [6.45, 7) is 0.719. The van der Waals surface area contributed by atoms with E-state index in [4.69, 9.17) is 5.11 Å². The molecule has 1 aliphatic heterocycles. The molecule has 1 amide bonds. The summed E-state index contributed by atoms with van der Waals surface area (Å²) in [7, 11) is 0. The SMILES string of the molecule is O=C(O)c1cccc(C(=O)N2CCCC2c2ccsc2)c1. The van der Waals surface area contributed by atoms with Gasteiger partial charge in [-0.15, -0.1) is 0 Å². The second-order valence-electron chi connectivity index (χ2n) is 5.10. The highest BCUT2D eigenvalue weighted by Gasteiger charge is 2.30. The van der Waals surface area contributed by atoms with Crippen LogP contribution in [0.2, 0.25) is 0 Å². The van der Waals surface area contributed by atoms with Crippen molar-refractivity contribution in [3.05, 3.63) is 57.8 Å². The predicted molar refractivity (Wildman–Crippen MR) is 80.7 cm³/mol. The number of carboxylic acids is 1. The molecular weight excluding hydrogens is 286 g/mol. The summed E-state index contributed by atoms with van der Waals surface area (Å²) in [6.07, 6.45) is 1.94. The van der Waals surface area contributed by atoms with Crippen molar-refractivity contribution < 1.29 is 14.7 Å². The first-order valence-corrected chi connectivity index (χ1v) is 7.77. The van der Waals surface area contributed by atoms with Crippen molar-refractivity contribution in [2.75, 3.05) is 6.54 Å². The lowest BCUT2D eigenvalue weighted by molar-refractivity contribution is 0.0697. The molecule has 0 saturated carbocycles. The largest absolute Gasteiger partial charge is 0.478 e. The van der Waals surface area contributed by atoms with Crippen LogP contribution >= 0.6 is 11.3 Å². The molecule has 2 aromatic rings. The average molecular weight is 301 g/mol. The maximum Gasteiger partial charge on any atom is 0.335 e. The lowest BCUT2D eigenvalue weighted by Gasteiger charge is -2.24. The Labute approximate surface area is 126 Å². The van der Waals surface area contributed by atoms with E-state index >= 15 is 0 Å². The van der Waals surface area contributed by atoms with E-state index in [0.29, 0.717) is 5.56 Å². The van der Waals surface area contributed by atoms with Crippen LogP contribution in [-0.4, -0.2) is 28.4 Å². The quantitative estimate of drug-likeness (QED) is 0.945. The summed E-state index contributed by atoms with van der Waals surface area (Å²) in [6, 6.07) is 8.41. The second-order valence-corrected chi connectivity index (χ2v) is 5.88. The van der Waals surface area contributed by atoms with Crippen molar-refractivity contribution in [1.82, 2.24) is 4.90 Å². The maximum atomic E-state index is 12.7. The Morgan fingerprint density at radius 1 is 1.24 bits per heavy atom. The summed E-state index contributed by atoms with van der Waals surface area (Å²) in [4.78, 5) is 25.5. The molecule has 1 fully saturated rings. The van der Waals surface area contributed by atoms with Gasteiger partial charge >= 0.3 is 5.97 Å². The van der Waals surface area contributed by atoms with Crippen molar-refractivity contribution in [3.8, 4) is 0 Å². The van der Waals surface area contributed by atoms with Crippen molar-refractivity contribution >= 4 is 23.2 Å². The zero-order valence-electron chi connectivity index (χ0n) is 11.4. The number of hydrogen-bond acceptors (Lipinski definition) is 3. The predicted octanol–water partition coefficient (Wildman–Crippen LogP) is 3.42. The smallest absolute Gasteiger partial charge is 0.335 e. The van der Waals surface area contributed by atoms with Crippen LogP contribution in [0.15, 0.2) is 41.1 Å². The summed E-state index contributed by atoms with van der Waals surface area (Å²) < 4.78 is 0. The fourth-order valence-electron chi connectivity index (χ4n) is 2.77. The Hall–Kier alpha value is -2.14. The van der Waals surface area contributed by atoms with Gasteiger partial charge in [0, 0.05) is 12.1 Å². The van der Waals surface area contributed by atoms with Crippen LogP contribution in [0.4, 0.5) is 0 Å². The minimum absolute atomic E-state index is 0.0909. The first-order chi connectivity index (χ1) is 10.2. The number of thiophene rings is 1. The van der Waals surface area contributed by atoms with E-state index in [0.717, 1.165) is 19.4 Å². The van der Waals surface area contributed by atoms with Gasteiger partial charge in [0.05, 0.1) is 11.6 Å². The van der Waals surface area contributed by atoms with Gasteiger partial charge in [0.2, 0.25) is 0 Å². The van der Waals surface area contributed by atoms with Gasteiger partial charge in [-0.3, -0.25) is 4.79 Å². The van der Waals surface area contributed by atoms with Crippen molar-refractivity contribution in [1.29, 1.82) is 0 Å². The molecule has 1 unspecified atom stereocenters. The van der Waals surface area contributed by atoms with E-state index in [9.17, 15) is 9.59 Å². The fraction of sp³-hybridized carbons (Fsp3) is 0.250. The van der Waals surface area contributed by atoms with Gasteiger partial charge in [-0.2, -0.15) is 11.3 Å². The van der Waals surface area contributed by atoms with Gasteiger partial charge < -0.3 is 10.0 Å². The van der Waals surface area contributed by atoms with E-state index in [1.54, 1.807) is 23.5 Å². The van der Waals surface area contributed by atoms with Crippen LogP contribution in [0.3, 0.4) is 0 Å².